The van der Waals surface area contributed by atoms with Crippen LogP contribution in [0, 0.1) is 5.92 Å². The number of hydrogen-bond donors (Lipinski definition) is 2. The summed E-state index contributed by atoms with van der Waals surface area (Å²) in [5.41, 5.74) is 0. The molecule has 0 rings (SSSR count). The Bertz CT molecular complexity index is 241. The summed E-state index contributed by atoms with van der Waals surface area (Å²) in [5.74, 6) is -1.00. The summed E-state index contributed by atoms with van der Waals surface area (Å²) in [4.78, 5) is 21.7. The van der Waals surface area contributed by atoms with Crippen molar-refractivity contribution in [1.29, 1.82) is 0 Å². The molecule has 0 aliphatic heterocycles. The minimum absolute atomic E-state index is 0.0542. The molecule has 18 heavy (non-hydrogen) atoms. The Morgan fingerprint density at radius 1 is 1.06 bits per heavy atom. The van der Waals surface area contributed by atoms with Crippen molar-refractivity contribution in [3.8, 4) is 0 Å². The first kappa shape index (κ1) is 16.9. The summed E-state index contributed by atoms with van der Waals surface area (Å²) in [6, 6.07) is 0. The summed E-state index contributed by atoms with van der Waals surface area (Å²) < 4.78 is 0. The van der Waals surface area contributed by atoms with Crippen molar-refractivity contribution in [1.82, 2.24) is 5.32 Å². The van der Waals surface area contributed by atoms with Gasteiger partial charge in [-0.05, 0) is 19.3 Å². The quantitative estimate of drug-likeness (QED) is 0.559. The predicted molar refractivity (Wildman–Crippen MR) is 72.4 cm³/mol. The Hall–Kier alpha value is -1.06. The van der Waals surface area contributed by atoms with Gasteiger partial charge in [-0.25, -0.2) is 0 Å². The van der Waals surface area contributed by atoms with E-state index in [0.29, 0.717) is 13.0 Å². The summed E-state index contributed by atoms with van der Waals surface area (Å²) >= 11 is 0. The molecular weight excluding hydrogens is 230 g/mol. The minimum Gasteiger partial charge on any atom is -0.481 e. The summed E-state index contributed by atoms with van der Waals surface area (Å²) in [5, 5.41) is 11.8. The first-order valence-electron chi connectivity index (χ1n) is 7.05. The van der Waals surface area contributed by atoms with Crippen molar-refractivity contribution in [3.05, 3.63) is 0 Å². The molecule has 0 radical (unpaired) electrons. The highest BCUT2D eigenvalue weighted by atomic mass is 16.4. The lowest BCUT2D eigenvalue weighted by Crippen LogP contribution is -2.22. The van der Waals surface area contributed by atoms with Crippen molar-refractivity contribution in [2.75, 3.05) is 6.54 Å². The van der Waals surface area contributed by atoms with Gasteiger partial charge in [0.15, 0.2) is 0 Å². The molecule has 2 N–H and O–H groups in total. The molecule has 0 saturated carbocycles. The van der Waals surface area contributed by atoms with Crippen LogP contribution in [0.15, 0.2) is 0 Å². The number of carbonyl (C=O) groups excluding carboxylic acids is 1. The Labute approximate surface area is 110 Å². The number of nitrogens with one attached hydrogen (secondary N) is 1. The maximum atomic E-state index is 11.1. The third-order valence-corrected chi connectivity index (χ3v) is 3.11. The lowest BCUT2D eigenvalue weighted by atomic mass is 9.96. The molecule has 0 saturated heterocycles. The Morgan fingerprint density at radius 3 is 2.22 bits per heavy atom. The van der Waals surface area contributed by atoms with Gasteiger partial charge in [-0.1, -0.05) is 39.0 Å². The second kappa shape index (κ2) is 11.1. The van der Waals surface area contributed by atoms with E-state index in [9.17, 15) is 9.59 Å². The molecule has 1 unspecified atom stereocenters. The molecule has 0 aromatic rings. The minimum atomic E-state index is -0.701. The van der Waals surface area contributed by atoms with Gasteiger partial charge < -0.3 is 10.4 Å². The van der Waals surface area contributed by atoms with Gasteiger partial charge in [0.05, 0.1) is 5.92 Å². The second-order valence-electron chi connectivity index (χ2n) is 4.86. The van der Waals surface area contributed by atoms with Gasteiger partial charge in [0.25, 0.3) is 0 Å². The zero-order valence-corrected chi connectivity index (χ0v) is 11.7. The highest BCUT2D eigenvalue weighted by molar-refractivity contribution is 5.72. The van der Waals surface area contributed by atoms with E-state index in [1.54, 1.807) is 0 Å². The number of aliphatic carboxylic acids is 1. The van der Waals surface area contributed by atoms with Crippen LogP contribution in [0.5, 0.6) is 0 Å². The average Bonchev–Trinajstić information content (AvgIpc) is 2.30. The standard InChI is InChI=1S/C14H27NO3/c1-3-4-5-6-7-9-13(14(17)18)10-8-11-15-12(2)16/h13H,3-11H2,1-2H3,(H,15,16)(H,17,18). The van der Waals surface area contributed by atoms with Crippen molar-refractivity contribution in [3.63, 3.8) is 0 Å². The third kappa shape index (κ3) is 10.1. The van der Waals surface area contributed by atoms with Crippen LogP contribution in [-0.4, -0.2) is 23.5 Å². The second-order valence-corrected chi connectivity index (χ2v) is 4.86. The van der Waals surface area contributed by atoms with Gasteiger partial charge in [0.2, 0.25) is 5.91 Å². The number of carboxylic acid groups (broad SMARTS) is 1. The molecule has 1 amide bonds. The number of hydrogen-bond acceptors (Lipinski definition) is 2. The number of rotatable bonds is 11. The number of unbranched alkanes of at least 4 members (excludes halogenated alkanes) is 4. The largest absolute Gasteiger partial charge is 0.481 e. The third-order valence-electron chi connectivity index (χ3n) is 3.11. The highest BCUT2D eigenvalue weighted by Crippen LogP contribution is 2.16. The van der Waals surface area contributed by atoms with Crippen molar-refractivity contribution >= 4 is 11.9 Å². The normalized spacial score (nSPS) is 12.1. The topological polar surface area (TPSA) is 66.4 Å². The fraction of sp³-hybridized carbons (Fsp3) is 0.857. The Morgan fingerprint density at radius 2 is 1.67 bits per heavy atom. The average molecular weight is 257 g/mol. The lowest BCUT2D eigenvalue weighted by molar-refractivity contribution is -0.142. The van der Waals surface area contributed by atoms with Crippen LogP contribution < -0.4 is 5.32 Å². The fourth-order valence-electron chi connectivity index (χ4n) is 2.00. The van der Waals surface area contributed by atoms with E-state index in [-0.39, 0.29) is 11.8 Å². The zero-order valence-electron chi connectivity index (χ0n) is 11.7. The van der Waals surface area contributed by atoms with Crippen molar-refractivity contribution < 1.29 is 14.7 Å². The monoisotopic (exact) mass is 257 g/mol. The van der Waals surface area contributed by atoms with E-state index < -0.39 is 5.97 Å². The number of carboxylic acids is 1. The molecule has 0 aromatic carbocycles. The van der Waals surface area contributed by atoms with Crippen LogP contribution in [0.25, 0.3) is 0 Å². The molecule has 0 aliphatic carbocycles. The molecule has 0 aliphatic rings. The van der Waals surface area contributed by atoms with E-state index >= 15 is 0 Å². The Balaban J connectivity index is 3.65. The zero-order chi connectivity index (χ0) is 13.8. The van der Waals surface area contributed by atoms with Crippen molar-refractivity contribution in [2.24, 2.45) is 5.92 Å². The fourth-order valence-corrected chi connectivity index (χ4v) is 2.00. The maximum Gasteiger partial charge on any atom is 0.306 e. The summed E-state index contributed by atoms with van der Waals surface area (Å²) in [6.45, 7) is 4.22. The smallest absolute Gasteiger partial charge is 0.306 e. The lowest BCUT2D eigenvalue weighted by Gasteiger charge is -2.12. The van der Waals surface area contributed by atoms with Gasteiger partial charge in [-0.2, -0.15) is 0 Å². The van der Waals surface area contributed by atoms with Gasteiger partial charge >= 0.3 is 5.97 Å². The van der Waals surface area contributed by atoms with Crippen LogP contribution in [0.4, 0.5) is 0 Å². The first-order valence-corrected chi connectivity index (χ1v) is 7.05. The van der Waals surface area contributed by atoms with Crippen LogP contribution >= 0.6 is 0 Å². The van der Waals surface area contributed by atoms with E-state index in [1.165, 1.54) is 26.2 Å². The van der Waals surface area contributed by atoms with Crippen LogP contribution in [0.2, 0.25) is 0 Å². The highest BCUT2D eigenvalue weighted by Gasteiger charge is 2.16. The van der Waals surface area contributed by atoms with Gasteiger partial charge in [-0.3, -0.25) is 9.59 Å². The SMILES string of the molecule is CCCCCCCC(CCCNC(C)=O)C(=O)O. The first-order chi connectivity index (χ1) is 8.57. The molecule has 0 fully saturated rings. The molecule has 0 heterocycles. The molecule has 0 spiro atoms. The summed E-state index contributed by atoms with van der Waals surface area (Å²) in [6.07, 6.45) is 7.93. The number of amides is 1. The molecule has 0 bridgehead atoms. The van der Waals surface area contributed by atoms with E-state index in [4.69, 9.17) is 5.11 Å². The maximum absolute atomic E-state index is 11.1. The molecule has 106 valence electrons. The number of carbonyl (C=O) groups is 2. The predicted octanol–water partition coefficient (Wildman–Crippen LogP) is 2.96. The van der Waals surface area contributed by atoms with E-state index in [0.717, 1.165) is 25.7 Å². The molecule has 0 aromatic heterocycles. The van der Waals surface area contributed by atoms with Gasteiger partial charge in [0.1, 0.15) is 0 Å². The van der Waals surface area contributed by atoms with Crippen LogP contribution in [-0.2, 0) is 9.59 Å². The van der Waals surface area contributed by atoms with E-state index in [2.05, 4.69) is 12.2 Å². The van der Waals surface area contributed by atoms with Crippen LogP contribution in [0.1, 0.15) is 65.2 Å². The molecule has 4 heteroatoms. The van der Waals surface area contributed by atoms with E-state index in [1.807, 2.05) is 0 Å². The molecule has 1 atom stereocenters. The van der Waals surface area contributed by atoms with Crippen LogP contribution in [0.3, 0.4) is 0 Å². The van der Waals surface area contributed by atoms with Gasteiger partial charge in [0, 0.05) is 13.5 Å². The van der Waals surface area contributed by atoms with Crippen molar-refractivity contribution in [2.45, 2.75) is 65.2 Å². The molecule has 4 nitrogen and oxygen atoms in total. The van der Waals surface area contributed by atoms with Gasteiger partial charge in [-0.15, -0.1) is 0 Å². The Kier molecular flexibility index (Phi) is 10.4. The summed E-state index contributed by atoms with van der Waals surface area (Å²) in [7, 11) is 0. The molecular formula is C14H27NO3.